The minimum atomic E-state index is -0.590. The predicted molar refractivity (Wildman–Crippen MR) is 72.2 cm³/mol. The van der Waals surface area contributed by atoms with Crippen molar-refractivity contribution in [2.75, 3.05) is 13.2 Å². The first kappa shape index (κ1) is 13.7. The summed E-state index contributed by atoms with van der Waals surface area (Å²) < 4.78 is 11.1. The number of amides is 1. The predicted octanol–water partition coefficient (Wildman–Crippen LogP) is 1.07. The molecule has 2 atom stereocenters. The van der Waals surface area contributed by atoms with E-state index in [2.05, 4.69) is 5.32 Å². The molecule has 1 amide bonds. The van der Waals surface area contributed by atoms with Gasteiger partial charge >= 0.3 is 0 Å². The molecule has 2 unspecified atom stereocenters. The maximum atomic E-state index is 11.9. The first-order valence-electron chi connectivity index (χ1n) is 6.62. The van der Waals surface area contributed by atoms with Gasteiger partial charge < -0.3 is 20.5 Å². The van der Waals surface area contributed by atoms with Crippen molar-refractivity contribution >= 4 is 5.91 Å². The van der Waals surface area contributed by atoms with E-state index in [1.165, 1.54) is 0 Å². The molecule has 104 valence electrons. The normalized spacial score (nSPS) is 18.7. The first-order chi connectivity index (χ1) is 9.20. The maximum Gasteiger partial charge on any atom is 0.264 e. The van der Waals surface area contributed by atoms with E-state index in [1.54, 1.807) is 6.07 Å². The second kappa shape index (κ2) is 6.43. The van der Waals surface area contributed by atoms with Crippen LogP contribution in [0, 0.1) is 0 Å². The summed E-state index contributed by atoms with van der Waals surface area (Å²) in [5.74, 6) is 1.14. The van der Waals surface area contributed by atoms with Crippen LogP contribution in [0.25, 0.3) is 0 Å². The Labute approximate surface area is 113 Å². The summed E-state index contributed by atoms with van der Waals surface area (Å²) in [5.41, 5.74) is 5.79. The average molecular weight is 264 g/mol. The fourth-order valence-corrected chi connectivity index (χ4v) is 1.85. The molecule has 0 aliphatic carbocycles. The van der Waals surface area contributed by atoms with Crippen molar-refractivity contribution in [2.45, 2.75) is 31.9 Å². The third kappa shape index (κ3) is 3.61. The molecule has 1 aromatic carbocycles. The van der Waals surface area contributed by atoms with Gasteiger partial charge in [0.1, 0.15) is 6.61 Å². The summed E-state index contributed by atoms with van der Waals surface area (Å²) in [4.78, 5) is 11.9. The Morgan fingerprint density at radius 1 is 1.47 bits per heavy atom. The molecule has 1 aromatic rings. The summed E-state index contributed by atoms with van der Waals surface area (Å²) in [5, 5.41) is 2.82. The van der Waals surface area contributed by atoms with Crippen LogP contribution in [0.5, 0.6) is 11.5 Å². The number of carbonyl (C=O) groups is 1. The Morgan fingerprint density at radius 2 is 2.21 bits per heavy atom. The molecule has 0 aromatic heterocycles. The zero-order valence-electron chi connectivity index (χ0n) is 11.1. The van der Waals surface area contributed by atoms with Crippen molar-refractivity contribution in [3.8, 4) is 11.5 Å². The molecule has 1 aliphatic rings. The number of hydrogen-bond acceptors (Lipinski definition) is 4. The molecule has 1 heterocycles. The van der Waals surface area contributed by atoms with Crippen LogP contribution >= 0.6 is 0 Å². The molecule has 0 spiro atoms. The Bertz CT molecular complexity index is 436. The largest absolute Gasteiger partial charge is 0.485 e. The molecular formula is C14H20N2O3. The molecule has 0 fully saturated rings. The fourth-order valence-electron chi connectivity index (χ4n) is 1.85. The number of carbonyl (C=O) groups excluding carboxylic acids is 1. The lowest BCUT2D eigenvalue weighted by molar-refractivity contribution is -0.130. The number of hydrogen-bond donors (Lipinski definition) is 2. The number of rotatable bonds is 5. The maximum absolute atomic E-state index is 11.9. The lowest BCUT2D eigenvalue weighted by Gasteiger charge is -2.25. The highest BCUT2D eigenvalue weighted by Crippen LogP contribution is 2.30. The third-order valence-electron chi connectivity index (χ3n) is 3.14. The fraction of sp³-hybridized carbons (Fsp3) is 0.500. The van der Waals surface area contributed by atoms with Crippen LogP contribution in [0.2, 0.25) is 0 Å². The molecule has 5 nitrogen and oxygen atoms in total. The number of para-hydroxylation sites is 2. The molecule has 0 bridgehead atoms. The minimum Gasteiger partial charge on any atom is -0.485 e. The molecule has 0 radical (unpaired) electrons. The van der Waals surface area contributed by atoms with E-state index in [4.69, 9.17) is 15.2 Å². The van der Waals surface area contributed by atoms with E-state index in [-0.39, 0.29) is 18.6 Å². The van der Waals surface area contributed by atoms with Gasteiger partial charge in [0, 0.05) is 12.6 Å². The molecule has 0 saturated carbocycles. The van der Waals surface area contributed by atoms with E-state index in [1.807, 2.05) is 25.1 Å². The standard InChI is InChI=1S/C14H20N2O3/c1-2-10(15)7-8-16-14(17)13-9-18-11-5-3-4-6-12(11)19-13/h3-6,10,13H,2,7-9,15H2,1H3,(H,16,17). The van der Waals surface area contributed by atoms with Gasteiger partial charge in [-0.25, -0.2) is 0 Å². The van der Waals surface area contributed by atoms with E-state index >= 15 is 0 Å². The Balaban J connectivity index is 1.82. The highest BCUT2D eigenvalue weighted by Gasteiger charge is 2.26. The topological polar surface area (TPSA) is 73.6 Å². The van der Waals surface area contributed by atoms with Crippen molar-refractivity contribution < 1.29 is 14.3 Å². The van der Waals surface area contributed by atoms with Crippen LogP contribution in [-0.4, -0.2) is 31.2 Å². The summed E-state index contributed by atoms with van der Waals surface area (Å²) >= 11 is 0. The molecule has 2 rings (SSSR count). The Hall–Kier alpha value is -1.75. The summed E-state index contributed by atoms with van der Waals surface area (Å²) in [6.07, 6.45) is 1.09. The van der Waals surface area contributed by atoms with Crippen molar-refractivity contribution in [3.05, 3.63) is 24.3 Å². The van der Waals surface area contributed by atoms with Crippen molar-refractivity contribution in [2.24, 2.45) is 5.73 Å². The van der Waals surface area contributed by atoms with Crippen LogP contribution in [0.4, 0.5) is 0 Å². The zero-order valence-corrected chi connectivity index (χ0v) is 11.1. The molecule has 0 saturated heterocycles. The Kier molecular flexibility index (Phi) is 4.63. The van der Waals surface area contributed by atoms with Crippen LogP contribution in [0.3, 0.4) is 0 Å². The number of nitrogens with two attached hydrogens (primary N) is 1. The van der Waals surface area contributed by atoms with E-state index in [0.29, 0.717) is 18.0 Å². The van der Waals surface area contributed by atoms with Crippen molar-refractivity contribution in [1.29, 1.82) is 0 Å². The highest BCUT2D eigenvalue weighted by molar-refractivity contribution is 5.81. The molecule has 5 heteroatoms. The van der Waals surface area contributed by atoms with Gasteiger partial charge in [-0.3, -0.25) is 4.79 Å². The van der Waals surface area contributed by atoms with E-state index in [9.17, 15) is 4.79 Å². The van der Waals surface area contributed by atoms with Gasteiger partial charge in [0.25, 0.3) is 5.91 Å². The number of nitrogens with one attached hydrogen (secondary N) is 1. The highest BCUT2D eigenvalue weighted by atomic mass is 16.6. The van der Waals surface area contributed by atoms with Crippen LogP contribution in [-0.2, 0) is 4.79 Å². The van der Waals surface area contributed by atoms with Gasteiger partial charge in [0.05, 0.1) is 0 Å². The average Bonchev–Trinajstić information content (AvgIpc) is 2.46. The van der Waals surface area contributed by atoms with Crippen LogP contribution in [0.15, 0.2) is 24.3 Å². The van der Waals surface area contributed by atoms with Crippen LogP contribution in [0.1, 0.15) is 19.8 Å². The second-order valence-corrected chi connectivity index (χ2v) is 4.61. The quantitative estimate of drug-likeness (QED) is 0.834. The Morgan fingerprint density at radius 3 is 2.95 bits per heavy atom. The monoisotopic (exact) mass is 264 g/mol. The number of benzene rings is 1. The van der Waals surface area contributed by atoms with Gasteiger partial charge in [0.2, 0.25) is 6.10 Å². The summed E-state index contributed by atoms with van der Waals surface area (Å²) in [6, 6.07) is 7.47. The van der Waals surface area contributed by atoms with Crippen molar-refractivity contribution in [3.63, 3.8) is 0 Å². The number of ether oxygens (including phenoxy) is 2. The van der Waals surface area contributed by atoms with Gasteiger partial charge in [-0.1, -0.05) is 19.1 Å². The van der Waals surface area contributed by atoms with Crippen molar-refractivity contribution in [1.82, 2.24) is 5.32 Å². The van der Waals surface area contributed by atoms with Gasteiger partial charge in [0.15, 0.2) is 11.5 Å². The van der Waals surface area contributed by atoms with Gasteiger partial charge in [-0.2, -0.15) is 0 Å². The van der Waals surface area contributed by atoms with Crippen LogP contribution < -0.4 is 20.5 Å². The third-order valence-corrected chi connectivity index (χ3v) is 3.14. The summed E-state index contributed by atoms with van der Waals surface area (Å²) in [7, 11) is 0. The SMILES string of the molecule is CCC(N)CCNC(=O)C1COc2ccccc2O1. The zero-order chi connectivity index (χ0) is 13.7. The lowest BCUT2D eigenvalue weighted by atomic mass is 10.2. The molecular weight excluding hydrogens is 244 g/mol. The molecule has 19 heavy (non-hydrogen) atoms. The molecule has 3 N–H and O–H groups in total. The van der Waals surface area contributed by atoms with Gasteiger partial charge in [-0.15, -0.1) is 0 Å². The second-order valence-electron chi connectivity index (χ2n) is 4.61. The van der Waals surface area contributed by atoms with Gasteiger partial charge in [-0.05, 0) is 25.0 Å². The van der Waals surface area contributed by atoms with E-state index < -0.39 is 6.10 Å². The van der Waals surface area contributed by atoms with E-state index in [0.717, 1.165) is 12.8 Å². The number of fused-ring (bicyclic) bond motifs is 1. The smallest absolute Gasteiger partial charge is 0.264 e. The first-order valence-corrected chi connectivity index (χ1v) is 6.62. The molecule has 1 aliphatic heterocycles. The minimum absolute atomic E-state index is 0.129. The lowest BCUT2D eigenvalue weighted by Crippen LogP contribution is -2.44. The summed E-state index contributed by atoms with van der Waals surface area (Å²) in [6.45, 7) is 2.83.